The number of hydrogen-bond acceptors (Lipinski definition) is 2. The maximum atomic E-state index is 11.9. The van der Waals surface area contributed by atoms with Crippen LogP contribution in [0.2, 0.25) is 0 Å². The molecule has 0 atom stereocenters. The Morgan fingerprint density at radius 2 is 1.67 bits per heavy atom. The van der Waals surface area contributed by atoms with Gasteiger partial charge in [0.25, 0.3) is 0 Å². The van der Waals surface area contributed by atoms with Crippen molar-refractivity contribution in [3.05, 3.63) is 65.7 Å². The first-order valence-corrected chi connectivity index (χ1v) is 7.48. The highest BCUT2D eigenvalue weighted by Crippen LogP contribution is 2.18. The van der Waals surface area contributed by atoms with E-state index in [-0.39, 0.29) is 5.78 Å². The molecule has 2 nitrogen and oxygen atoms in total. The van der Waals surface area contributed by atoms with E-state index in [1.54, 1.807) is 0 Å². The highest BCUT2D eigenvalue weighted by molar-refractivity contribution is 5.95. The van der Waals surface area contributed by atoms with Gasteiger partial charge in [-0.15, -0.1) is 0 Å². The molecule has 2 heteroatoms. The van der Waals surface area contributed by atoms with Crippen LogP contribution in [0.1, 0.15) is 48.5 Å². The third-order valence-corrected chi connectivity index (χ3v) is 3.46. The summed E-state index contributed by atoms with van der Waals surface area (Å²) in [5.74, 6) is 1.57. The van der Waals surface area contributed by atoms with Crippen LogP contribution in [0.4, 0.5) is 0 Å². The van der Waals surface area contributed by atoms with Crippen molar-refractivity contribution >= 4 is 5.78 Å². The first-order valence-electron chi connectivity index (χ1n) is 7.48. The Bertz CT molecular complexity index is 556. The molecular formula is C19H22O2. The number of Topliss-reactive ketones (excluding diaryl/α,β-unsaturated/α-hetero) is 1. The summed E-state index contributed by atoms with van der Waals surface area (Å²) < 4.78 is 5.67. The van der Waals surface area contributed by atoms with Gasteiger partial charge in [-0.1, -0.05) is 56.3 Å². The van der Waals surface area contributed by atoms with Crippen molar-refractivity contribution in [1.82, 2.24) is 0 Å². The molecule has 0 aromatic heterocycles. The Hall–Kier alpha value is -2.09. The van der Waals surface area contributed by atoms with Crippen molar-refractivity contribution in [2.75, 3.05) is 6.61 Å². The smallest absolute Gasteiger partial charge is 0.163 e. The number of hydrogen-bond donors (Lipinski definition) is 0. The van der Waals surface area contributed by atoms with Crippen LogP contribution >= 0.6 is 0 Å². The van der Waals surface area contributed by atoms with Crippen LogP contribution < -0.4 is 4.74 Å². The Labute approximate surface area is 126 Å². The van der Waals surface area contributed by atoms with E-state index in [2.05, 4.69) is 26.0 Å². The van der Waals surface area contributed by atoms with Gasteiger partial charge in [0.15, 0.2) is 5.78 Å². The summed E-state index contributed by atoms with van der Waals surface area (Å²) in [5, 5.41) is 0. The van der Waals surface area contributed by atoms with Gasteiger partial charge in [0.2, 0.25) is 0 Å². The molecule has 0 fully saturated rings. The van der Waals surface area contributed by atoms with Crippen LogP contribution in [0, 0.1) is 0 Å². The number of benzene rings is 2. The second kappa shape index (κ2) is 7.63. The highest BCUT2D eigenvalue weighted by Gasteiger charge is 2.05. The van der Waals surface area contributed by atoms with Crippen LogP contribution in [0.25, 0.3) is 0 Å². The van der Waals surface area contributed by atoms with Crippen molar-refractivity contribution in [3.63, 3.8) is 0 Å². The molecule has 0 aliphatic carbocycles. The lowest BCUT2D eigenvalue weighted by molar-refractivity contribution is 0.0973. The summed E-state index contributed by atoms with van der Waals surface area (Å²) in [5.41, 5.74) is 2.08. The Morgan fingerprint density at radius 1 is 1.00 bits per heavy atom. The van der Waals surface area contributed by atoms with Crippen LogP contribution in [0.3, 0.4) is 0 Å². The summed E-state index contributed by atoms with van der Waals surface area (Å²) in [6.07, 6.45) is 1.26. The van der Waals surface area contributed by atoms with Crippen molar-refractivity contribution in [1.29, 1.82) is 0 Å². The zero-order valence-electron chi connectivity index (χ0n) is 12.7. The van der Waals surface area contributed by atoms with E-state index >= 15 is 0 Å². The summed E-state index contributed by atoms with van der Waals surface area (Å²) in [4.78, 5) is 11.9. The number of ether oxygens (including phenoxy) is 1. The molecule has 0 spiro atoms. The molecule has 0 unspecified atom stereocenters. The van der Waals surface area contributed by atoms with Gasteiger partial charge in [-0.25, -0.2) is 0 Å². The highest BCUT2D eigenvalue weighted by atomic mass is 16.5. The Kier molecular flexibility index (Phi) is 5.56. The van der Waals surface area contributed by atoms with Crippen molar-refractivity contribution in [2.24, 2.45) is 0 Å². The first kappa shape index (κ1) is 15.3. The minimum atomic E-state index is 0.175. The third-order valence-electron chi connectivity index (χ3n) is 3.46. The minimum absolute atomic E-state index is 0.175. The normalized spacial score (nSPS) is 10.6. The van der Waals surface area contributed by atoms with Crippen molar-refractivity contribution in [2.45, 2.75) is 32.6 Å². The van der Waals surface area contributed by atoms with Crippen LogP contribution in [0.5, 0.6) is 5.75 Å². The van der Waals surface area contributed by atoms with Crippen LogP contribution in [-0.2, 0) is 0 Å². The number of rotatable bonds is 7. The number of carbonyl (C=O) groups is 1. The summed E-state index contributed by atoms with van der Waals surface area (Å²) in [6, 6.07) is 17.6. The second-order valence-electron chi connectivity index (χ2n) is 5.46. The molecule has 0 amide bonds. The lowest BCUT2D eigenvalue weighted by atomic mass is 10.0. The van der Waals surface area contributed by atoms with E-state index in [1.165, 1.54) is 5.56 Å². The Morgan fingerprint density at radius 3 is 2.29 bits per heavy atom. The minimum Gasteiger partial charge on any atom is -0.494 e. The fourth-order valence-corrected chi connectivity index (χ4v) is 2.14. The van der Waals surface area contributed by atoms with E-state index in [0.29, 0.717) is 18.9 Å². The maximum absolute atomic E-state index is 11.9. The zero-order valence-corrected chi connectivity index (χ0v) is 12.7. The second-order valence-corrected chi connectivity index (χ2v) is 5.46. The summed E-state index contributed by atoms with van der Waals surface area (Å²) in [7, 11) is 0. The monoisotopic (exact) mass is 282 g/mol. The molecule has 0 saturated heterocycles. The van der Waals surface area contributed by atoms with Crippen molar-refractivity contribution < 1.29 is 9.53 Å². The lowest BCUT2D eigenvalue weighted by Gasteiger charge is -2.08. The van der Waals surface area contributed by atoms with Gasteiger partial charge in [0.05, 0.1) is 6.61 Å². The fourth-order valence-electron chi connectivity index (χ4n) is 2.14. The van der Waals surface area contributed by atoms with Gasteiger partial charge >= 0.3 is 0 Å². The molecule has 0 heterocycles. The predicted octanol–water partition coefficient (Wildman–Crippen LogP) is 4.85. The molecular weight excluding hydrogens is 260 g/mol. The number of ketones is 1. The molecule has 0 aliphatic rings. The van der Waals surface area contributed by atoms with Gasteiger partial charge in [-0.2, -0.15) is 0 Å². The molecule has 0 aliphatic heterocycles. The summed E-state index contributed by atoms with van der Waals surface area (Å²) in [6.45, 7) is 4.91. The van der Waals surface area contributed by atoms with Crippen LogP contribution in [-0.4, -0.2) is 12.4 Å². The molecule has 0 N–H and O–H groups in total. The molecule has 2 rings (SSSR count). The van der Waals surface area contributed by atoms with Crippen molar-refractivity contribution in [3.8, 4) is 5.75 Å². The largest absolute Gasteiger partial charge is 0.494 e. The molecule has 2 aromatic carbocycles. The molecule has 110 valence electrons. The van der Waals surface area contributed by atoms with Crippen LogP contribution in [0.15, 0.2) is 54.6 Å². The first-order chi connectivity index (χ1) is 10.2. The SMILES string of the molecule is CC(C)c1ccc(OCCCC(=O)c2ccccc2)cc1. The standard InChI is InChI=1S/C19H22O2/c1-15(2)16-10-12-18(13-11-16)21-14-6-9-19(20)17-7-4-3-5-8-17/h3-5,7-8,10-13,15H,6,9,14H2,1-2H3. The Balaban J connectivity index is 1.73. The van der Waals surface area contributed by atoms with Gasteiger partial charge < -0.3 is 4.74 Å². The molecule has 0 radical (unpaired) electrons. The van der Waals surface area contributed by atoms with Gasteiger partial charge in [-0.3, -0.25) is 4.79 Å². The van der Waals surface area contributed by atoms with E-state index in [0.717, 1.165) is 17.7 Å². The topological polar surface area (TPSA) is 26.3 Å². The maximum Gasteiger partial charge on any atom is 0.163 e. The average molecular weight is 282 g/mol. The van der Waals surface area contributed by atoms with Gasteiger partial charge in [0, 0.05) is 12.0 Å². The molecule has 2 aromatic rings. The quantitative estimate of drug-likeness (QED) is 0.536. The van der Waals surface area contributed by atoms with E-state index in [1.807, 2.05) is 42.5 Å². The zero-order chi connectivity index (χ0) is 15.1. The van der Waals surface area contributed by atoms with E-state index in [9.17, 15) is 4.79 Å². The van der Waals surface area contributed by atoms with Gasteiger partial charge in [-0.05, 0) is 30.0 Å². The molecule has 0 bridgehead atoms. The lowest BCUT2D eigenvalue weighted by Crippen LogP contribution is -2.03. The fraction of sp³-hybridized carbons (Fsp3) is 0.316. The predicted molar refractivity (Wildman–Crippen MR) is 86.0 cm³/mol. The molecule has 21 heavy (non-hydrogen) atoms. The number of carbonyl (C=O) groups excluding carboxylic acids is 1. The van der Waals surface area contributed by atoms with E-state index in [4.69, 9.17) is 4.74 Å². The van der Waals surface area contributed by atoms with E-state index < -0.39 is 0 Å². The summed E-state index contributed by atoms with van der Waals surface area (Å²) >= 11 is 0. The molecule has 0 saturated carbocycles. The average Bonchev–Trinajstić information content (AvgIpc) is 2.52. The van der Waals surface area contributed by atoms with Gasteiger partial charge in [0.1, 0.15) is 5.75 Å². The third kappa shape index (κ3) is 4.75.